The largest absolute Gasteiger partial charge is 0.369 e. The van der Waals surface area contributed by atoms with Crippen LogP contribution < -0.4 is 10.2 Å². The molecule has 1 aliphatic heterocycles. The van der Waals surface area contributed by atoms with E-state index >= 15 is 0 Å². The minimum atomic E-state index is -3.91. The molecule has 2 aromatic heterocycles. The van der Waals surface area contributed by atoms with Gasteiger partial charge in [0.1, 0.15) is 0 Å². The van der Waals surface area contributed by atoms with Gasteiger partial charge in [0.05, 0.1) is 12.1 Å². The molecule has 0 aliphatic carbocycles. The lowest BCUT2D eigenvalue weighted by Crippen LogP contribution is -2.49. The van der Waals surface area contributed by atoms with E-state index in [0.29, 0.717) is 39.3 Å². The molecule has 0 radical (unpaired) electrons. The fraction of sp³-hybridized carbons (Fsp3) is 0.391. The summed E-state index contributed by atoms with van der Waals surface area (Å²) >= 11 is 1.54. The molecule has 0 saturated carbocycles. The van der Waals surface area contributed by atoms with Gasteiger partial charge in [-0.2, -0.15) is 9.40 Å². The van der Waals surface area contributed by atoms with Crippen molar-refractivity contribution < 1.29 is 13.2 Å². The minimum Gasteiger partial charge on any atom is -0.369 e. The van der Waals surface area contributed by atoms with Crippen LogP contribution in [0.4, 0.5) is 5.69 Å². The molecule has 0 unspecified atom stereocenters. The van der Waals surface area contributed by atoms with E-state index in [1.807, 2.05) is 30.5 Å². The number of benzene rings is 1. The van der Waals surface area contributed by atoms with Crippen molar-refractivity contribution in [2.24, 2.45) is 0 Å². The Balaban J connectivity index is 1.52. The summed E-state index contributed by atoms with van der Waals surface area (Å²) in [6.45, 7) is 8.69. The number of thiophene rings is 1. The van der Waals surface area contributed by atoms with E-state index in [2.05, 4.69) is 41.3 Å². The maximum Gasteiger partial charge on any atom is 0.263 e. The number of hydrogen-bond donors (Lipinski definition) is 1. The Morgan fingerprint density at radius 3 is 2.55 bits per heavy atom. The van der Waals surface area contributed by atoms with Crippen molar-refractivity contribution in [1.82, 2.24) is 19.4 Å². The topological polar surface area (TPSA) is 87.5 Å². The molecule has 1 aromatic carbocycles. The van der Waals surface area contributed by atoms with E-state index in [-0.39, 0.29) is 10.6 Å². The zero-order valence-electron chi connectivity index (χ0n) is 19.1. The Labute approximate surface area is 198 Å². The molecule has 10 heteroatoms. The van der Waals surface area contributed by atoms with E-state index in [9.17, 15) is 13.2 Å². The fourth-order valence-corrected chi connectivity index (χ4v) is 6.12. The van der Waals surface area contributed by atoms with Crippen molar-refractivity contribution in [3.05, 3.63) is 63.5 Å². The Kier molecular flexibility index (Phi) is 6.87. The first-order valence-corrected chi connectivity index (χ1v) is 13.3. The molecule has 1 fully saturated rings. The number of piperazine rings is 1. The number of aromatic nitrogens is 2. The first kappa shape index (κ1) is 23.5. The van der Waals surface area contributed by atoms with Gasteiger partial charge in [-0.1, -0.05) is 18.2 Å². The van der Waals surface area contributed by atoms with Crippen molar-refractivity contribution in [2.45, 2.75) is 38.9 Å². The van der Waals surface area contributed by atoms with Gasteiger partial charge < -0.3 is 10.2 Å². The summed E-state index contributed by atoms with van der Waals surface area (Å²) in [6, 6.07) is 10.0. The third-order valence-electron chi connectivity index (χ3n) is 6.04. The van der Waals surface area contributed by atoms with Gasteiger partial charge in [0.15, 0.2) is 0 Å². The maximum atomic E-state index is 13.5. The summed E-state index contributed by atoms with van der Waals surface area (Å²) in [6.07, 6.45) is 1.52. The fourth-order valence-electron chi connectivity index (χ4n) is 3.96. The van der Waals surface area contributed by atoms with Crippen LogP contribution in [-0.2, 0) is 23.1 Å². The number of rotatable bonds is 7. The highest BCUT2D eigenvalue weighted by atomic mass is 32.2. The van der Waals surface area contributed by atoms with Gasteiger partial charge in [-0.25, -0.2) is 8.42 Å². The number of nitrogens with zero attached hydrogens (tertiary/aromatic N) is 4. The average Bonchev–Trinajstić information content (AvgIpc) is 3.50. The first-order valence-electron chi connectivity index (χ1n) is 11.0. The van der Waals surface area contributed by atoms with Crippen LogP contribution in [0, 0.1) is 13.8 Å². The molecule has 8 nitrogen and oxygen atoms in total. The molecule has 1 saturated heterocycles. The van der Waals surface area contributed by atoms with E-state index in [1.165, 1.54) is 37.6 Å². The summed E-state index contributed by atoms with van der Waals surface area (Å²) in [5.41, 5.74) is 3.65. The Hall–Kier alpha value is -2.69. The lowest BCUT2D eigenvalue weighted by atomic mass is 10.1. The third-order valence-corrected chi connectivity index (χ3v) is 8.75. The molecule has 0 bridgehead atoms. The second-order valence-corrected chi connectivity index (χ2v) is 11.0. The van der Waals surface area contributed by atoms with Crippen molar-refractivity contribution in [2.75, 3.05) is 31.1 Å². The molecule has 0 atom stereocenters. The average molecular weight is 488 g/mol. The van der Waals surface area contributed by atoms with Crippen molar-refractivity contribution >= 4 is 33.0 Å². The first-order chi connectivity index (χ1) is 15.8. The lowest BCUT2D eigenvalue weighted by Gasteiger charge is -2.36. The van der Waals surface area contributed by atoms with Gasteiger partial charge in [0, 0.05) is 49.5 Å². The Morgan fingerprint density at radius 2 is 1.88 bits per heavy atom. The van der Waals surface area contributed by atoms with E-state index in [1.54, 1.807) is 0 Å². The van der Waals surface area contributed by atoms with Crippen LogP contribution in [0.15, 0.2) is 46.9 Å². The second kappa shape index (κ2) is 9.66. The minimum absolute atomic E-state index is 0.0883. The highest BCUT2D eigenvalue weighted by Gasteiger charge is 2.35. The molecular weight excluding hydrogens is 458 g/mol. The van der Waals surface area contributed by atoms with Crippen molar-refractivity contribution in [3.8, 4) is 0 Å². The summed E-state index contributed by atoms with van der Waals surface area (Å²) in [5.74, 6) is -0.435. The van der Waals surface area contributed by atoms with Gasteiger partial charge >= 0.3 is 0 Å². The molecule has 3 aromatic rings. The molecule has 0 spiro atoms. The smallest absolute Gasteiger partial charge is 0.263 e. The predicted octanol–water partition coefficient (Wildman–Crippen LogP) is 3.02. The van der Waals surface area contributed by atoms with Gasteiger partial charge in [0.2, 0.25) is 5.03 Å². The predicted molar refractivity (Wildman–Crippen MR) is 130 cm³/mol. The molecule has 1 amide bonds. The van der Waals surface area contributed by atoms with Crippen LogP contribution in [0.2, 0.25) is 0 Å². The van der Waals surface area contributed by atoms with Crippen LogP contribution in [0.5, 0.6) is 0 Å². The number of anilines is 1. The van der Waals surface area contributed by atoms with Gasteiger partial charge in [-0.3, -0.25) is 9.48 Å². The molecule has 176 valence electrons. The molecular formula is C23H29N5O3S2. The van der Waals surface area contributed by atoms with Crippen LogP contribution >= 0.6 is 11.3 Å². The van der Waals surface area contributed by atoms with Crippen molar-refractivity contribution in [1.29, 1.82) is 0 Å². The summed E-state index contributed by atoms with van der Waals surface area (Å²) in [5, 5.41) is 8.84. The quantitative estimate of drug-likeness (QED) is 0.554. The van der Waals surface area contributed by atoms with Gasteiger partial charge in [-0.15, -0.1) is 11.3 Å². The SMILES string of the molecule is CCn1cc(C(=O)NCc2cccs2)c(S(=O)(=O)N2CCN(c3cccc(C)c3C)CC2)n1. The summed E-state index contributed by atoms with van der Waals surface area (Å²) in [7, 11) is -3.91. The lowest BCUT2D eigenvalue weighted by molar-refractivity contribution is 0.0947. The number of aryl methyl sites for hydroxylation is 2. The summed E-state index contributed by atoms with van der Waals surface area (Å²) in [4.78, 5) is 16.1. The van der Waals surface area contributed by atoms with Crippen LogP contribution in [0.3, 0.4) is 0 Å². The standard InChI is InChI=1S/C23H29N5O3S2/c1-4-27-16-20(22(29)24-15-19-8-6-14-32-19)23(25-27)33(30,31)28-12-10-26(11-13-28)21-9-5-7-17(2)18(21)3/h5-9,14,16H,4,10-13,15H2,1-3H3,(H,24,29). The zero-order chi connectivity index (χ0) is 23.6. The second-order valence-electron chi connectivity index (χ2n) is 8.08. The summed E-state index contributed by atoms with van der Waals surface area (Å²) < 4.78 is 29.9. The van der Waals surface area contributed by atoms with Crippen LogP contribution in [-0.4, -0.2) is 54.6 Å². The van der Waals surface area contributed by atoms with Crippen LogP contribution in [0.25, 0.3) is 0 Å². The number of nitrogens with one attached hydrogen (secondary N) is 1. The molecule has 1 N–H and O–H groups in total. The molecule has 4 rings (SSSR count). The van der Waals surface area contributed by atoms with Crippen molar-refractivity contribution in [3.63, 3.8) is 0 Å². The third kappa shape index (κ3) is 4.83. The molecule has 33 heavy (non-hydrogen) atoms. The monoisotopic (exact) mass is 487 g/mol. The number of carbonyl (C=O) groups is 1. The Bertz CT molecular complexity index is 1230. The van der Waals surface area contributed by atoms with Gasteiger partial charge in [-0.05, 0) is 49.4 Å². The van der Waals surface area contributed by atoms with E-state index in [4.69, 9.17) is 0 Å². The highest BCUT2D eigenvalue weighted by molar-refractivity contribution is 7.89. The Morgan fingerprint density at radius 1 is 1.12 bits per heavy atom. The normalized spacial score (nSPS) is 15.1. The number of sulfonamides is 1. The highest BCUT2D eigenvalue weighted by Crippen LogP contribution is 2.26. The molecule has 1 aliphatic rings. The van der Waals surface area contributed by atoms with E-state index < -0.39 is 15.9 Å². The van der Waals surface area contributed by atoms with Crippen LogP contribution in [0.1, 0.15) is 33.3 Å². The van der Waals surface area contributed by atoms with Gasteiger partial charge in [0.25, 0.3) is 15.9 Å². The van der Waals surface area contributed by atoms with E-state index in [0.717, 1.165) is 10.6 Å². The number of carbonyl (C=O) groups excluding carboxylic acids is 1. The maximum absolute atomic E-state index is 13.5. The number of amides is 1. The molecule has 3 heterocycles. The number of hydrogen-bond acceptors (Lipinski definition) is 6. The zero-order valence-corrected chi connectivity index (χ0v) is 20.7.